The summed E-state index contributed by atoms with van der Waals surface area (Å²) in [5.41, 5.74) is 5.46. The van der Waals surface area contributed by atoms with Crippen LogP contribution >= 0.6 is 0 Å². The van der Waals surface area contributed by atoms with Crippen LogP contribution in [0.15, 0.2) is 24.3 Å². The highest BCUT2D eigenvalue weighted by Crippen LogP contribution is 2.17. The third kappa shape index (κ3) is 3.25. The Morgan fingerprint density at radius 3 is 2.72 bits per heavy atom. The van der Waals surface area contributed by atoms with Gasteiger partial charge in [0.2, 0.25) is 5.91 Å². The maximum atomic E-state index is 11.9. The molecule has 1 aromatic rings. The van der Waals surface area contributed by atoms with Crippen LogP contribution in [0.25, 0.3) is 0 Å². The van der Waals surface area contributed by atoms with Gasteiger partial charge in [0.25, 0.3) is 5.91 Å². The number of hydrogen-bond acceptors (Lipinski definition) is 3. The maximum absolute atomic E-state index is 11.9. The number of nitrogens with two attached hydrogens (primary N) is 1. The van der Waals surface area contributed by atoms with Crippen LogP contribution in [0.3, 0.4) is 0 Å². The normalized spacial score (nSPS) is 11.1. The first-order valence-corrected chi connectivity index (χ1v) is 5.26. The van der Waals surface area contributed by atoms with Gasteiger partial charge in [-0.25, -0.2) is 0 Å². The summed E-state index contributed by atoms with van der Waals surface area (Å²) in [5, 5.41) is 2.47. The fourth-order valence-electron chi connectivity index (χ4n) is 1.41. The molecular formula is C13H14N2O3. The van der Waals surface area contributed by atoms with E-state index in [1.54, 1.807) is 24.3 Å². The van der Waals surface area contributed by atoms with E-state index in [4.69, 9.17) is 16.9 Å². The first kappa shape index (κ1) is 13.6. The Labute approximate surface area is 105 Å². The topological polar surface area (TPSA) is 81.4 Å². The van der Waals surface area contributed by atoms with Crippen LogP contribution in [0.2, 0.25) is 0 Å². The van der Waals surface area contributed by atoms with Gasteiger partial charge in [0, 0.05) is 6.42 Å². The van der Waals surface area contributed by atoms with Crippen molar-refractivity contribution in [2.75, 3.05) is 7.11 Å². The Morgan fingerprint density at radius 1 is 1.50 bits per heavy atom. The van der Waals surface area contributed by atoms with Crippen LogP contribution in [0.1, 0.15) is 16.8 Å². The summed E-state index contributed by atoms with van der Waals surface area (Å²) in [6.07, 6.45) is 5.16. The summed E-state index contributed by atoms with van der Waals surface area (Å²) in [6.45, 7) is 0. The molecule has 0 aliphatic rings. The molecule has 94 valence electrons. The van der Waals surface area contributed by atoms with Crippen LogP contribution in [0.5, 0.6) is 5.75 Å². The molecule has 0 aliphatic carbocycles. The van der Waals surface area contributed by atoms with Crippen molar-refractivity contribution in [1.82, 2.24) is 5.32 Å². The van der Waals surface area contributed by atoms with E-state index < -0.39 is 17.9 Å². The molecule has 0 aliphatic heterocycles. The molecule has 2 amide bonds. The smallest absolute Gasteiger partial charge is 0.255 e. The van der Waals surface area contributed by atoms with Crippen LogP contribution in [-0.4, -0.2) is 25.0 Å². The van der Waals surface area contributed by atoms with E-state index in [9.17, 15) is 9.59 Å². The highest BCUT2D eigenvalue weighted by atomic mass is 16.5. The first-order chi connectivity index (χ1) is 8.60. The van der Waals surface area contributed by atoms with E-state index >= 15 is 0 Å². The van der Waals surface area contributed by atoms with Gasteiger partial charge in [0.1, 0.15) is 11.8 Å². The minimum absolute atomic E-state index is 0.0518. The van der Waals surface area contributed by atoms with Gasteiger partial charge in [-0.05, 0) is 12.1 Å². The van der Waals surface area contributed by atoms with Gasteiger partial charge in [-0.2, -0.15) is 0 Å². The number of carbonyl (C=O) groups is 2. The number of primary amides is 1. The zero-order chi connectivity index (χ0) is 13.5. The molecule has 0 spiro atoms. The largest absolute Gasteiger partial charge is 0.496 e. The second-order valence-corrected chi connectivity index (χ2v) is 3.54. The molecule has 0 heterocycles. The number of nitrogens with one attached hydrogen (secondary N) is 1. The third-order valence-electron chi connectivity index (χ3n) is 2.32. The Balaban J connectivity index is 2.87. The summed E-state index contributed by atoms with van der Waals surface area (Å²) >= 11 is 0. The number of para-hydroxylation sites is 1. The van der Waals surface area contributed by atoms with E-state index in [1.807, 2.05) is 0 Å². The number of methoxy groups -OCH3 is 1. The molecule has 18 heavy (non-hydrogen) atoms. The Morgan fingerprint density at radius 2 is 2.17 bits per heavy atom. The molecule has 0 fully saturated rings. The summed E-state index contributed by atoms with van der Waals surface area (Å²) in [5.74, 6) is 1.58. The van der Waals surface area contributed by atoms with Crippen LogP contribution in [0, 0.1) is 12.3 Å². The van der Waals surface area contributed by atoms with E-state index in [2.05, 4.69) is 11.2 Å². The van der Waals surface area contributed by atoms with Crippen molar-refractivity contribution in [3.05, 3.63) is 29.8 Å². The number of amides is 2. The summed E-state index contributed by atoms with van der Waals surface area (Å²) in [4.78, 5) is 23.0. The lowest BCUT2D eigenvalue weighted by Crippen LogP contribution is -2.44. The number of carbonyl (C=O) groups excluding carboxylic acids is 2. The molecular weight excluding hydrogens is 232 g/mol. The van der Waals surface area contributed by atoms with Gasteiger partial charge in [0.05, 0.1) is 12.7 Å². The quantitative estimate of drug-likeness (QED) is 0.733. The van der Waals surface area contributed by atoms with Gasteiger partial charge < -0.3 is 15.8 Å². The molecule has 0 saturated heterocycles. The molecule has 1 atom stereocenters. The van der Waals surface area contributed by atoms with E-state index in [-0.39, 0.29) is 6.42 Å². The monoisotopic (exact) mass is 246 g/mol. The van der Waals surface area contributed by atoms with Crippen LogP contribution < -0.4 is 15.8 Å². The van der Waals surface area contributed by atoms with Gasteiger partial charge in [-0.3, -0.25) is 9.59 Å². The highest BCUT2D eigenvalue weighted by Gasteiger charge is 2.19. The average Bonchev–Trinajstić information content (AvgIpc) is 2.37. The molecule has 0 bridgehead atoms. The van der Waals surface area contributed by atoms with Crippen molar-refractivity contribution >= 4 is 11.8 Å². The fraction of sp³-hybridized carbons (Fsp3) is 0.231. The standard InChI is InChI=1S/C13H14N2O3/c1-3-6-10(12(14)16)15-13(17)9-7-4-5-8-11(9)18-2/h1,4-5,7-8,10H,6H2,2H3,(H2,14,16)(H,15,17)/t10-/m1/s1. The van der Waals surface area contributed by atoms with Gasteiger partial charge in [0.15, 0.2) is 0 Å². The van der Waals surface area contributed by atoms with Crippen molar-refractivity contribution < 1.29 is 14.3 Å². The molecule has 1 aromatic carbocycles. The van der Waals surface area contributed by atoms with Gasteiger partial charge >= 0.3 is 0 Å². The SMILES string of the molecule is C#CC[C@@H](NC(=O)c1ccccc1OC)C(N)=O. The zero-order valence-corrected chi connectivity index (χ0v) is 9.97. The lowest BCUT2D eigenvalue weighted by Gasteiger charge is -2.14. The second kappa shape index (κ2) is 6.30. The lowest BCUT2D eigenvalue weighted by molar-refractivity contribution is -0.119. The van der Waals surface area contributed by atoms with Gasteiger partial charge in [-0.15, -0.1) is 12.3 Å². The molecule has 0 saturated carbocycles. The zero-order valence-electron chi connectivity index (χ0n) is 9.97. The Bertz CT molecular complexity index is 491. The number of benzene rings is 1. The number of rotatable bonds is 5. The van der Waals surface area contributed by atoms with Crippen molar-refractivity contribution in [2.24, 2.45) is 5.73 Å². The molecule has 0 unspecified atom stereocenters. The van der Waals surface area contributed by atoms with Crippen molar-refractivity contribution in [2.45, 2.75) is 12.5 Å². The number of terminal acetylenes is 1. The number of ether oxygens (including phenoxy) is 1. The van der Waals surface area contributed by atoms with E-state index in [0.717, 1.165) is 0 Å². The fourth-order valence-corrected chi connectivity index (χ4v) is 1.41. The summed E-state index contributed by atoms with van der Waals surface area (Å²) in [6, 6.07) is 5.78. The van der Waals surface area contributed by atoms with Crippen LogP contribution in [0.4, 0.5) is 0 Å². The first-order valence-electron chi connectivity index (χ1n) is 5.26. The Kier molecular flexibility index (Phi) is 4.76. The van der Waals surface area contributed by atoms with Crippen molar-refractivity contribution in [1.29, 1.82) is 0 Å². The summed E-state index contributed by atoms with van der Waals surface area (Å²) in [7, 11) is 1.46. The lowest BCUT2D eigenvalue weighted by atomic mass is 10.1. The molecule has 1 rings (SSSR count). The van der Waals surface area contributed by atoms with Crippen molar-refractivity contribution in [3.63, 3.8) is 0 Å². The minimum atomic E-state index is -0.882. The van der Waals surface area contributed by atoms with Crippen LogP contribution in [-0.2, 0) is 4.79 Å². The van der Waals surface area contributed by atoms with E-state index in [0.29, 0.717) is 11.3 Å². The minimum Gasteiger partial charge on any atom is -0.496 e. The maximum Gasteiger partial charge on any atom is 0.255 e. The average molecular weight is 246 g/mol. The highest BCUT2D eigenvalue weighted by molar-refractivity contribution is 5.99. The molecule has 5 heteroatoms. The molecule has 3 N–H and O–H groups in total. The van der Waals surface area contributed by atoms with Gasteiger partial charge in [-0.1, -0.05) is 12.1 Å². The number of hydrogen-bond donors (Lipinski definition) is 2. The molecule has 5 nitrogen and oxygen atoms in total. The van der Waals surface area contributed by atoms with E-state index in [1.165, 1.54) is 7.11 Å². The molecule has 0 aromatic heterocycles. The summed E-state index contributed by atoms with van der Waals surface area (Å²) < 4.78 is 5.05. The second-order valence-electron chi connectivity index (χ2n) is 3.54. The predicted molar refractivity (Wildman–Crippen MR) is 66.9 cm³/mol. The Hall–Kier alpha value is -2.48. The third-order valence-corrected chi connectivity index (χ3v) is 2.32. The van der Waals surface area contributed by atoms with Crippen molar-refractivity contribution in [3.8, 4) is 18.1 Å². The predicted octanol–water partition coefficient (Wildman–Crippen LogP) is 0.302. The molecule has 0 radical (unpaired) electrons.